The van der Waals surface area contributed by atoms with Crippen LogP contribution in [0.15, 0.2) is 36.0 Å². The molecule has 1 atom stereocenters. The lowest BCUT2D eigenvalue weighted by atomic mass is 10.1. The Kier molecular flexibility index (Phi) is 5.56. The summed E-state index contributed by atoms with van der Waals surface area (Å²) in [6.45, 7) is 9.77. The lowest BCUT2D eigenvalue weighted by Gasteiger charge is -2.19. The molecular formula is C16H23N3S. The number of hydrogen-bond donors (Lipinski definition) is 1. The van der Waals surface area contributed by atoms with Gasteiger partial charge in [-0.3, -0.25) is 9.88 Å². The molecule has 0 aliphatic rings. The van der Waals surface area contributed by atoms with E-state index in [1.165, 1.54) is 16.1 Å². The fourth-order valence-corrected chi connectivity index (χ4v) is 2.85. The second-order valence-corrected chi connectivity index (χ2v) is 5.85. The van der Waals surface area contributed by atoms with Crippen molar-refractivity contribution >= 4 is 17.0 Å². The summed E-state index contributed by atoms with van der Waals surface area (Å²) in [6.07, 6.45) is 1.93. The minimum Gasteiger partial charge on any atom is -0.378 e. The molecule has 0 aliphatic heterocycles. The Morgan fingerprint density at radius 1 is 1.30 bits per heavy atom. The molecule has 4 heteroatoms. The van der Waals surface area contributed by atoms with Gasteiger partial charge in [-0.05, 0) is 37.7 Å². The summed E-state index contributed by atoms with van der Waals surface area (Å²) >= 11 is 1.69. The van der Waals surface area contributed by atoms with Crippen molar-refractivity contribution in [3.63, 3.8) is 0 Å². The summed E-state index contributed by atoms with van der Waals surface area (Å²) in [4.78, 5) is 7.82. The summed E-state index contributed by atoms with van der Waals surface area (Å²) < 4.78 is 0. The maximum atomic E-state index is 4.14. The summed E-state index contributed by atoms with van der Waals surface area (Å²) in [6, 6.07) is 8.99. The fraction of sp³-hybridized carbons (Fsp3) is 0.438. The number of benzene rings is 1. The summed E-state index contributed by atoms with van der Waals surface area (Å²) in [5, 5.41) is 3.55. The van der Waals surface area contributed by atoms with E-state index in [2.05, 4.69) is 60.2 Å². The van der Waals surface area contributed by atoms with E-state index in [-0.39, 0.29) is 0 Å². The molecule has 1 unspecified atom stereocenters. The van der Waals surface area contributed by atoms with Crippen LogP contribution >= 0.6 is 11.3 Å². The van der Waals surface area contributed by atoms with Crippen molar-refractivity contribution in [2.24, 2.45) is 0 Å². The number of anilines is 1. The van der Waals surface area contributed by atoms with E-state index in [9.17, 15) is 0 Å². The van der Waals surface area contributed by atoms with Gasteiger partial charge in [0, 0.05) is 23.3 Å². The van der Waals surface area contributed by atoms with Crippen LogP contribution < -0.4 is 5.32 Å². The molecule has 0 saturated heterocycles. The maximum absolute atomic E-state index is 4.14. The lowest BCUT2D eigenvalue weighted by molar-refractivity contribution is 0.296. The van der Waals surface area contributed by atoms with Crippen molar-refractivity contribution in [1.82, 2.24) is 9.88 Å². The van der Waals surface area contributed by atoms with Crippen LogP contribution in [0.3, 0.4) is 0 Å². The van der Waals surface area contributed by atoms with E-state index in [1.54, 1.807) is 11.3 Å². The lowest BCUT2D eigenvalue weighted by Crippen LogP contribution is -2.22. The second-order valence-electron chi connectivity index (χ2n) is 4.93. The van der Waals surface area contributed by atoms with Crippen molar-refractivity contribution in [3.05, 3.63) is 46.4 Å². The molecule has 0 amide bonds. The van der Waals surface area contributed by atoms with Gasteiger partial charge in [-0.15, -0.1) is 11.3 Å². The van der Waals surface area contributed by atoms with Gasteiger partial charge in [0.05, 0.1) is 11.6 Å². The van der Waals surface area contributed by atoms with Crippen molar-refractivity contribution < 1.29 is 0 Å². The third kappa shape index (κ3) is 4.05. The van der Waals surface area contributed by atoms with Gasteiger partial charge in [0.1, 0.15) is 0 Å². The Labute approximate surface area is 125 Å². The number of rotatable bonds is 7. The highest BCUT2D eigenvalue weighted by molar-refractivity contribution is 7.09. The van der Waals surface area contributed by atoms with Crippen LogP contribution in [0.2, 0.25) is 0 Å². The summed E-state index contributed by atoms with van der Waals surface area (Å²) in [5.74, 6) is 0. The van der Waals surface area contributed by atoms with Crippen LogP contribution in [-0.4, -0.2) is 23.0 Å². The highest BCUT2D eigenvalue weighted by Crippen LogP contribution is 2.22. The van der Waals surface area contributed by atoms with E-state index in [0.717, 1.165) is 19.6 Å². The molecule has 2 aromatic rings. The molecule has 1 N–H and O–H groups in total. The largest absolute Gasteiger partial charge is 0.378 e. The van der Waals surface area contributed by atoms with E-state index in [4.69, 9.17) is 0 Å². The van der Waals surface area contributed by atoms with E-state index < -0.39 is 0 Å². The van der Waals surface area contributed by atoms with Crippen LogP contribution in [-0.2, 0) is 6.54 Å². The molecule has 1 aromatic carbocycles. The molecule has 0 spiro atoms. The molecule has 1 aromatic heterocycles. The van der Waals surface area contributed by atoms with E-state index in [1.807, 2.05) is 11.7 Å². The Morgan fingerprint density at radius 3 is 2.75 bits per heavy atom. The van der Waals surface area contributed by atoms with Gasteiger partial charge in [0.15, 0.2) is 0 Å². The van der Waals surface area contributed by atoms with Crippen LogP contribution in [0.4, 0.5) is 5.69 Å². The van der Waals surface area contributed by atoms with Crippen LogP contribution in [0.25, 0.3) is 0 Å². The first-order valence-electron chi connectivity index (χ1n) is 7.19. The van der Waals surface area contributed by atoms with Crippen LogP contribution in [0.5, 0.6) is 0 Å². The topological polar surface area (TPSA) is 28.2 Å². The smallest absolute Gasteiger partial charge is 0.0795 e. The fourth-order valence-electron chi connectivity index (χ4n) is 2.23. The Balaban J connectivity index is 2.02. The molecule has 0 radical (unpaired) electrons. The van der Waals surface area contributed by atoms with E-state index >= 15 is 0 Å². The highest BCUT2D eigenvalue weighted by atomic mass is 32.1. The van der Waals surface area contributed by atoms with Gasteiger partial charge < -0.3 is 5.32 Å². The Bertz CT molecular complexity index is 506. The number of thiazole rings is 1. The molecule has 108 valence electrons. The zero-order chi connectivity index (χ0) is 14.4. The highest BCUT2D eigenvalue weighted by Gasteiger charge is 2.07. The zero-order valence-electron chi connectivity index (χ0n) is 12.5. The Morgan fingerprint density at radius 2 is 2.10 bits per heavy atom. The van der Waals surface area contributed by atoms with Gasteiger partial charge in [-0.1, -0.05) is 26.0 Å². The molecule has 20 heavy (non-hydrogen) atoms. The minimum absolute atomic E-state index is 0.297. The molecule has 0 fully saturated rings. The van der Waals surface area contributed by atoms with Crippen molar-refractivity contribution in [3.8, 4) is 0 Å². The number of nitrogens with zero attached hydrogens (tertiary/aromatic N) is 2. The number of aromatic nitrogens is 1. The third-order valence-electron chi connectivity index (χ3n) is 3.49. The van der Waals surface area contributed by atoms with Crippen molar-refractivity contribution in [2.75, 3.05) is 18.4 Å². The monoisotopic (exact) mass is 289 g/mol. The second kappa shape index (κ2) is 7.41. The molecule has 1 heterocycles. The maximum Gasteiger partial charge on any atom is 0.0795 e. The Hall–Kier alpha value is -1.39. The van der Waals surface area contributed by atoms with E-state index in [0.29, 0.717) is 6.04 Å². The standard InChI is InChI=1S/C16H23N3S/c1-4-19(5-2)11-14-7-6-8-15(9-14)18-13(3)16-10-17-12-20-16/h6-10,12-13,18H,4-5,11H2,1-3H3. The first-order chi connectivity index (χ1) is 9.72. The van der Waals surface area contributed by atoms with Gasteiger partial charge in [0.2, 0.25) is 0 Å². The van der Waals surface area contributed by atoms with Gasteiger partial charge in [-0.25, -0.2) is 0 Å². The molecule has 2 rings (SSSR count). The summed E-state index contributed by atoms with van der Waals surface area (Å²) in [5.41, 5.74) is 4.41. The van der Waals surface area contributed by atoms with Crippen molar-refractivity contribution in [2.45, 2.75) is 33.4 Å². The van der Waals surface area contributed by atoms with Crippen molar-refractivity contribution in [1.29, 1.82) is 0 Å². The summed E-state index contributed by atoms with van der Waals surface area (Å²) in [7, 11) is 0. The molecule has 0 saturated carbocycles. The number of nitrogens with one attached hydrogen (secondary N) is 1. The van der Waals surface area contributed by atoms with Gasteiger partial charge in [0.25, 0.3) is 0 Å². The van der Waals surface area contributed by atoms with Crippen LogP contribution in [0, 0.1) is 0 Å². The first kappa shape index (κ1) is 15.0. The quantitative estimate of drug-likeness (QED) is 0.829. The predicted molar refractivity (Wildman–Crippen MR) is 87.2 cm³/mol. The van der Waals surface area contributed by atoms with Gasteiger partial charge >= 0.3 is 0 Å². The number of hydrogen-bond acceptors (Lipinski definition) is 4. The third-order valence-corrected chi connectivity index (χ3v) is 4.45. The first-order valence-corrected chi connectivity index (χ1v) is 8.07. The SMILES string of the molecule is CCN(CC)Cc1cccc(NC(C)c2cncs2)c1. The van der Waals surface area contributed by atoms with Crippen LogP contribution in [0.1, 0.15) is 37.3 Å². The average Bonchev–Trinajstić information content (AvgIpc) is 2.99. The normalized spacial score (nSPS) is 12.6. The zero-order valence-corrected chi connectivity index (χ0v) is 13.3. The predicted octanol–water partition coefficient (Wildman–Crippen LogP) is 4.16. The average molecular weight is 289 g/mol. The molecule has 0 aliphatic carbocycles. The minimum atomic E-state index is 0.297. The van der Waals surface area contributed by atoms with Gasteiger partial charge in [-0.2, -0.15) is 0 Å². The molecule has 0 bridgehead atoms. The molecular weight excluding hydrogens is 266 g/mol. The molecule has 3 nitrogen and oxygen atoms in total.